The fraction of sp³-hybridized carbons (Fsp3) is 0.250. The first-order chi connectivity index (χ1) is 11.3. The van der Waals surface area contributed by atoms with Crippen molar-refractivity contribution in [3.63, 3.8) is 0 Å². The van der Waals surface area contributed by atoms with Crippen molar-refractivity contribution in [1.82, 2.24) is 9.78 Å². The molecule has 0 amide bonds. The third-order valence-electron chi connectivity index (χ3n) is 2.99. The minimum Gasteiger partial charge on any atom is -0.379 e. The standard InChI is InChI=1S/C12H4Cl2F6I2N2O/c13-5-1-4(11(15,16)17)7(21)6(14)8(5)24-10(22)3(2-23-24)9(25)12(18,19)20/h1-2,9,25H. The molecule has 1 unspecified atom stereocenters. The van der Waals surface area contributed by atoms with E-state index in [1.807, 2.05) is 0 Å². The van der Waals surface area contributed by atoms with Crippen molar-refractivity contribution in [2.24, 2.45) is 0 Å². The Bertz CT molecular complexity index is 821. The Morgan fingerprint density at radius 2 is 1.68 bits per heavy atom. The van der Waals surface area contributed by atoms with Gasteiger partial charge in [0.2, 0.25) is 0 Å². The highest BCUT2D eigenvalue weighted by atomic mass is 127. The van der Waals surface area contributed by atoms with Gasteiger partial charge in [0.25, 0.3) is 0 Å². The molecule has 0 fully saturated rings. The molecule has 0 aliphatic rings. The van der Waals surface area contributed by atoms with E-state index in [0.29, 0.717) is 6.07 Å². The van der Waals surface area contributed by atoms with E-state index in [0.717, 1.165) is 10.9 Å². The molecular formula is C12H4Cl2F6I2N2O. The summed E-state index contributed by atoms with van der Waals surface area (Å²) >= 11 is 14.6. The monoisotopic (exact) mass is 630 g/mol. The van der Waals surface area contributed by atoms with E-state index in [1.54, 1.807) is 0 Å². The van der Waals surface area contributed by atoms with Crippen LogP contribution in [0.1, 0.15) is 17.2 Å². The molecule has 2 rings (SSSR count). The van der Waals surface area contributed by atoms with Gasteiger partial charge in [0, 0.05) is 9.13 Å². The lowest BCUT2D eigenvalue weighted by atomic mass is 10.2. The summed E-state index contributed by atoms with van der Waals surface area (Å²) in [6.45, 7) is 0. The fourth-order valence-corrected chi connectivity index (χ4v) is 3.98. The summed E-state index contributed by atoms with van der Waals surface area (Å²) in [4.78, 5) is 0. The number of halogens is 10. The summed E-state index contributed by atoms with van der Waals surface area (Å²) in [6.07, 6.45) is -11.7. The molecule has 1 aromatic carbocycles. The lowest BCUT2D eigenvalue weighted by Crippen LogP contribution is -2.20. The summed E-state index contributed by atoms with van der Waals surface area (Å²) < 4.78 is 77.1. The number of hydrogen-bond acceptors (Lipinski definition) is 2. The van der Waals surface area contributed by atoms with Crippen molar-refractivity contribution in [2.45, 2.75) is 18.5 Å². The minimum absolute atomic E-state index is 0.193. The molecule has 3 nitrogen and oxygen atoms in total. The van der Waals surface area contributed by atoms with Crippen LogP contribution in [0.2, 0.25) is 10.0 Å². The molecule has 1 aromatic heterocycles. The van der Waals surface area contributed by atoms with Crippen LogP contribution < -0.4 is 0 Å². The van der Waals surface area contributed by atoms with Crippen LogP contribution in [0.5, 0.6) is 0 Å². The zero-order valence-electron chi connectivity index (χ0n) is 11.4. The molecule has 1 atom stereocenters. The smallest absolute Gasteiger partial charge is 0.379 e. The number of benzene rings is 1. The quantitative estimate of drug-likeness (QED) is 0.251. The Balaban J connectivity index is 2.66. The van der Waals surface area contributed by atoms with Gasteiger partial charge in [-0.15, -0.1) is 0 Å². The molecule has 13 heteroatoms. The van der Waals surface area contributed by atoms with Gasteiger partial charge in [0.15, 0.2) is 6.10 Å². The van der Waals surface area contributed by atoms with Gasteiger partial charge in [0.1, 0.15) is 9.39 Å². The van der Waals surface area contributed by atoms with Gasteiger partial charge in [0.05, 0.1) is 21.8 Å². The Hall–Kier alpha value is 0.01000. The molecule has 0 saturated carbocycles. The Labute approximate surface area is 173 Å². The molecule has 25 heavy (non-hydrogen) atoms. The van der Waals surface area contributed by atoms with Crippen LogP contribution in [0, 0.1) is 7.27 Å². The van der Waals surface area contributed by atoms with Crippen LogP contribution in [0.25, 0.3) is 5.69 Å². The second-order valence-corrected chi connectivity index (χ2v) is 7.51. The van der Waals surface area contributed by atoms with Crippen molar-refractivity contribution in [3.8, 4) is 5.69 Å². The average Bonchev–Trinajstić information content (AvgIpc) is 2.82. The lowest BCUT2D eigenvalue weighted by molar-refractivity contribution is -0.207. The van der Waals surface area contributed by atoms with Crippen LogP contribution in [0.15, 0.2) is 12.3 Å². The van der Waals surface area contributed by atoms with Crippen molar-refractivity contribution in [3.05, 3.63) is 40.7 Å². The van der Waals surface area contributed by atoms with Crippen LogP contribution in [-0.2, 0) is 6.18 Å². The number of nitrogens with zero attached hydrogens (tertiary/aromatic N) is 2. The maximum absolute atomic E-state index is 13.0. The van der Waals surface area contributed by atoms with Gasteiger partial charge in [-0.3, -0.25) is 0 Å². The Morgan fingerprint density at radius 1 is 1.12 bits per heavy atom. The number of alkyl halides is 6. The van der Waals surface area contributed by atoms with Crippen LogP contribution in [0.4, 0.5) is 26.3 Å². The first-order valence-electron chi connectivity index (χ1n) is 6.00. The first kappa shape index (κ1) is 21.3. The third kappa shape index (κ3) is 4.14. The fourth-order valence-electron chi connectivity index (χ4n) is 1.85. The molecule has 0 aliphatic carbocycles. The average molecular weight is 631 g/mol. The zero-order valence-corrected chi connectivity index (χ0v) is 17.2. The first-order valence-corrected chi connectivity index (χ1v) is 8.91. The number of hydrogen-bond donors (Lipinski definition) is 1. The van der Waals surface area contributed by atoms with Crippen molar-refractivity contribution in [2.75, 3.05) is 0 Å². The van der Waals surface area contributed by atoms with E-state index in [1.165, 1.54) is 45.2 Å². The molecule has 0 saturated heterocycles. The molecule has 0 spiro atoms. The molecule has 138 valence electrons. The van der Waals surface area contributed by atoms with Gasteiger partial charge in [-0.25, -0.2) is 4.68 Å². The Kier molecular flexibility index (Phi) is 6.14. The predicted molar refractivity (Wildman–Crippen MR) is 95.0 cm³/mol. The number of aliphatic hydroxyl groups is 1. The molecule has 1 N–H and O–H groups in total. The zero-order chi connectivity index (χ0) is 19.3. The van der Waals surface area contributed by atoms with Gasteiger partial charge < -0.3 is 5.11 Å². The summed E-state index contributed by atoms with van der Waals surface area (Å²) in [5.74, 6) is 0. The molecule has 0 radical (unpaired) electrons. The second kappa shape index (κ2) is 7.20. The highest BCUT2D eigenvalue weighted by molar-refractivity contribution is 14.1. The highest BCUT2D eigenvalue weighted by Crippen LogP contribution is 2.43. The van der Waals surface area contributed by atoms with Crippen molar-refractivity contribution in [1.29, 1.82) is 0 Å². The van der Waals surface area contributed by atoms with Gasteiger partial charge in [-0.05, 0) is 51.2 Å². The van der Waals surface area contributed by atoms with E-state index in [4.69, 9.17) is 23.2 Å². The predicted octanol–water partition coefficient (Wildman–Crippen LogP) is 6.00. The van der Waals surface area contributed by atoms with Gasteiger partial charge in [-0.1, -0.05) is 23.2 Å². The molecule has 2 aromatic rings. The topological polar surface area (TPSA) is 38.1 Å². The largest absolute Gasteiger partial charge is 0.418 e. The molecule has 0 aliphatic heterocycles. The summed E-state index contributed by atoms with van der Waals surface area (Å²) in [5, 5.41) is 12.1. The van der Waals surface area contributed by atoms with E-state index in [-0.39, 0.29) is 13.0 Å². The van der Waals surface area contributed by atoms with Crippen LogP contribution in [-0.4, -0.2) is 21.1 Å². The van der Waals surface area contributed by atoms with Crippen LogP contribution >= 0.6 is 68.4 Å². The van der Waals surface area contributed by atoms with E-state index in [9.17, 15) is 31.4 Å². The minimum atomic E-state index is -4.93. The number of rotatable bonds is 2. The molecular weight excluding hydrogens is 627 g/mol. The summed E-state index contributed by atoms with van der Waals surface area (Å²) in [7, 11) is 0. The maximum atomic E-state index is 13.0. The molecule has 1 heterocycles. The summed E-state index contributed by atoms with van der Waals surface area (Å²) in [6, 6.07) is 0.613. The number of aromatic nitrogens is 2. The third-order valence-corrected chi connectivity index (χ3v) is 6.17. The SMILES string of the molecule is OC(c1cnn(-c2c(Cl)cc(C(F)(F)F)c(I)c2Cl)c1I)C(F)(F)F. The van der Waals surface area contributed by atoms with Crippen molar-refractivity contribution < 1.29 is 31.4 Å². The van der Waals surface area contributed by atoms with E-state index >= 15 is 0 Å². The maximum Gasteiger partial charge on any atom is 0.418 e. The van der Waals surface area contributed by atoms with E-state index < -0.39 is 39.6 Å². The summed E-state index contributed by atoms with van der Waals surface area (Å²) in [5.41, 5.74) is -1.87. The normalized spacial score (nSPS) is 14.0. The number of aliphatic hydroxyl groups excluding tert-OH is 1. The molecule has 0 bridgehead atoms. The lowest BCUT2D eigenvalue weighted by Gasteiger charge is -2.17. The van der Waals surface area contributed by atoms with Gasteiger partial charge in [-0.2, -0.15) is 31.4 Å². The van der Waals surface area contributed by atoms with Crippen LogP contribution in [0.3, 0.4) is 0 Å². The highest BCUT2D eigenvalue weighted by Gasteiger charge is 2.42. The Morgan fingerprint density at radius 3 is 2.16 bits per heavy atom. The second-order valence-electron chi connectivity index (χ2n) is 4.63. The van der Waals surface area contributed by atoms with Crippen molar-refractivity contribution >= 4 is 68.4 Å². The van der Waals surface area contributed by atoms with E-state index in [2.05, 4.69) is 5.10 Å². The van der Waals surface area contributed by atoms with Gasteiger partial charge >= 0.3 is 12.4 Å².